The molecule has 0 spiro atoms. The Hall–Kier alpha value is -3.75. The fourth-order valence-electron chi connectivity index (χ4n) is 2.44. The predicted octanol–water partition coefficient (Wildman–Crippen LogP) is 2.15. The summed E-state index contributed by atoms with van der Waals surface area (Å²) < 4.78 is 14.7. The second kappa shape index (κ2) is 8.76. The summed E-state index contributed by atoms with van der Waals surface area (Å²) in [5.74, 6) is 0.768. The van der Waals surface area contributed by atoms with Crippen LogP contribution in [0.1, 0.15) is 11.4 Å². The van der Waals surface area contributed by atoms with Crippen molar-refractivity contribution in [2.75, 3.05) is 11.9 Å². The van der Waals surface area contributed by atoms with E-state index in [1.807, 2.05) is 11.5 Å². The summed E-state index contributed by atoms with van der Waals surface area (Å²) in [5.41, 5.74) is 1.26. The van der Waals surface area contributed by atoms with Crippen molar-refractivity contribution in [3.05, 3.63) is 72.2 Å². The van der Waals surface area contributed by atoms with Crippen LogP contribution in [0.5, 0.6) is 0 Å². The number of aryl methyl sites for hydroxylation is 1. The molecular formula is C19H19FN6O2. The Morgan fingerprint density at radius 2 is 1.86 bits per heavy atom. The lowest BCUT2D eigenvalue weighted by molar-refractivity contribution is -0.115. The molecule has 0 radical (unpaired) electrons. The van der Waals surface area contributed by atoms with E-state index >= 15 is 0 Å². The van der Waals surface area contributed by atoms with Crippen LogP contribution in [0.4, 0.5) is 14.9 Å². The lowest BCUT2D eigenvalue weighted by Crippen LogP contribution is -2.39. The monoisotopic (exact) mass is 382 g/mol. The van der Waals surface area contributed by atoms with Crippen LogP contribution in [-0.2, 0) is 11.3 Å². The molecule has 0 atom stereocenters. The van der Waals surface area contributed by atoms with Crippen LogP contribution in [0.25, 0.3) is 5.82 Å². The Bertz CT molecular complexity index is 953. The first kappa shape index (κ1) is 19.0. The maximum Gasteiger partial charge on any atom is 0.315 e. The van der Waals surface area contributed by atoms with Crippen molar-refractivity contribution >= 4 is 17.6 Å². The van der Waals surface area contributed by atoms with Crippen molar-refractivity contribution < 1.29 is 14.0 Å². The molecule has 0 fully saturated rings. The second-order valence-electron chi connectivity index (χ2n) is 5.96. The first-order valence-corrected chi connectivity index (χ1v) is 8.53. The molecule has 0 bridgehead atoms. The SMILES string of the molecule is Cc1nccn1-c1ccc(NC(=O)CNC(=O)NCc2ccc(F)cc2)cn1. The van der Waals surface area contributed by atoms with E-state index in [9.17, 15) is 14.0 Å². The van der Waals surface area contributed by atoms with Crippen molar-refractivity contribution in [1.82, 2.24) is 25.2 Å². The summed E-state index contributed by atoms with van der Waals surface area (Å²) in [6.07, 6.45) is 5.01. The standard InChI is InChI=1S/C19H19FN6O2/c1-13-21-8-9-26(13)17-7-6-16(11-22-17)25-18(27)12-24-19(28)23-10-14-2-4-15(20)5-3-14/h2-9,11H,10,12H2,1H3,(H,25,27)(H2,23,24,28). The van der Waals surface area contributed by atoms with Crippen molar-refractivity contribution in [2.24, 2.45) is 0 Å². The Morgan fingerprint density at radius 1 is 1.07 bits per heavy atom. The van der Waals surface area contributed by atoms with Gasteiger partial charge in [-0.15, -0.1) is 0 Å². The molecule has 9 heteroatoms. The van der Waals surface area contributed by atoms with Crippen LogP contribution in [0.3, 0.4) is 0 Å². The third-order valence-electron chi connectivity index (χ3n) is 3.88. The zero-order chi connectivity index (χ0) is 19.9. The van der Waals surface area contributed by atoms with Crippen LogP contribution >= 0.6 is 0 Å². The van der Waals surface area contributed by atoms with E-state index in [-0.39, 0.29) is 24.8 Å². The second-order valence-corrected chi connectivity index (χ2v) is 5.96. The molecule has 0 saturated heterocycles. The summed E-state index contributed by atoms with van der Waals surface area (Å²) >= 11 is 0. The Balaban J connectivity index is 1.43. The number of halogens is 1. The van der Waals surface area contributed by atoms with Crippen molar-refractivity contribution in [2.45, 2.75) is 13.5 Å². The van der Waals surface area contributed by atoms with Gasteiger partial charge >= 0.3 is 6.03 Å². The number of imidazole rings is 1. The molecule has 0 saturated carbocycles. The number of nitrogens with one attached hydrogen (secondary N) is 3. The van der Waals surface area contributed by atoms with Gasteiger partial charge in [0.2, 0.25) is 5.91 Å². The van der Waals surface area contributed by atoms with Crippen molar-refractivity contribution in [3.63, 3.8) is 0 Å². The van der Waals surface area contributed by atoms with Gasteiger partial charge in [-0.2, -0.15) is 0 Å². The molecular weight excluding hydrogens is 363 g/mol. The highest BCUT2D eigenvalue weighted by molar-refractivity contribution is 5.94. The Labute approximate surface area is 160 Å². The van der Waals surface area contributed by atoms with Gasteiger partial charge in [-0.25, -0.2) is 19.2 Å². The van der Waals surface area contributed by atoms with E-state index in [0.717, 1.165) is 11.4 Å². The number of amides is 3. The number of hydrogen-bond acceptors (Lipinski definition) is 4. The third kappa shape index (κ3) is 5.13. The van der Waals surface area contributed by atoms with Gasteiger partial charge in [-0.1, -0.05) is 12.1 Å². The molecule has 3 N–H and O–H groups in total. The topological polar surface area (TPSA) is 101 Å². The Morgan fingerprint density at radius 3 is 2.50 bits per heavy atom. The Kier molecular flexibility index (Phi) is 5.95. The predicted molar refractivity (Wildman–Crippen MR) is 101 cm³/mol. The fourth-order valence-corrected chi connectivity index (χ4v) is 2.44. The molecule has 3 amide bonds. The highest BCUT2D eigenvalue weighted by Gasteiger charge is 2.07. The molecule has 3 aromatic rings. The minimum absolute atomic E-state index is 0.197. The summed E-state index contributed by atoms with van der Waals surface area (Å²) in [6, 6.07) is 8.75. The summed E-state index contributed by atoms with van der Waals surface area (Å²) in [5, 5.41) is 7.70. The normalized spacial score (nSPS) is 10.4. The van der Waals surface area contributed by atoms with Gasteiger partial charge in [0.25, 0.3) is 0 Å². The smallest absolute Gasteiger partial charge is 0.315 e. The number of benzene rings is 1. The lowest BCUT2D eigenvalue weighted by Gasteiger charge is -2.09. The minimum atomic E-state index is -0.497. The van der Waals surface area contributed by atoms with E-state index in [1.54, 1.807) is 36.7 Å². The van der Waals surface area contributed by atoms with Crippen molar-refractivity contribution in [3.8, 4) is 5.82 Å². The van der Waals surface area contributed by atoms with E-state index in [2.05, 4.69) is 25.9 Å². The first-order chi connectivity index (χ1) is 13.5. The molecule has 0 aliphatic heterocycles. The van der Waals surface area contributed by atoms with E-state index < -0.39 is 6.03 Å². The van der Waals surface area contributed by atoms with Gasteiger partial charge in [0.1, 0.15) is 17.5 Å². The largest absolute Gasteiger partial charge is 0.334 e. The third-order valence-corrected chi connectivity index (χ3v) is 3.88. The number of carbonyl (C=O) groups excluding carboxylic acids is 2. The van der Waals surface area contributed by atoms with E-state index in [0.29, 0.717) is 11.5 Å². The van der Waals surface area contributed by atoms with Crippen LogP contribution in [0.2, 0.25) is 0 Å². The fraction of sp³-hybridized carbons (Fsp3) is 0.158. The molecule has 1 aromatic carbocycles. The molecule has 0 aliphatic rings. The van der Waals surface area contributed by atoms with Crippen molar-refractivity contribution in [1.29, 1.82) is 0 Å². The zero-order valence-electron chi connectivity index (χ0n) is 15.1. The van der Waals surface area contributed by atoms with Crippen LogP contribution < -0.4 is 16.0 Å². The van der Waals surface area contributed by atoms with Crippen LogP contribution in [0.15, 0.2) is 55.0 Å². The van der Waals surface area contributed by atoms with Gasteiger partial charge in [0, 0.05) is 18.9 Å². The highest BCUT2D eigenvalue weighted by Crippen LogP contribution is 2.11. The van der Waals surface area contributed by atoms with E-state index in [1.165, 1.54) is 18.3 Å². The van der Waals surface area contributed by atoms with Gasteiger partial charge < -0.3 is 16.0 Å². The highest BCUT2D eigenvalue weighted by atomic mass is 19.1. The molecule has 0 unspecified atom stereocenters. The summed E-state index contributed by atoms with van der Waals surface area (Å²) in [7, 11) is 0. The van der Waals surface area contributed by atoms with E-state index in [4.69, 9.17) is 0 Å². The maximum atomic E-state index is 12.8. The maximum absolute atomic E-state index is 12.8. The molecule has 144 valence electrons. The molecule has 28 heavy (non-hydrogen) atoms. The zero-order valence-corrected chi connectivity index (χ0v) is 15.1. The van der Waals surface area contributed by atoms with Gasteiger partial charge in [0.15, 0.2) is 0 Å². The number of anilines is 1. The van der Waals surface area contributed by atoms with Gasteiger partial charge in [-0.05, 0) is 36.8 Å². The van der Waals surface area contributed by atoms with Gasteiger partial charge in [0.05, 0.1) is 18.4 Å². The molecule has 2 aromatic heterocycles. The number of nitrogens with zero attached hydrogens (tertiary/aromatic N) is 3. The number of urea groups is 1. The summed E-state index contributed by atoms with van der Waals surface area (Å²) in [6.45, 7) is 1.90. The number of carbonyl (C=O) groups is 2. The van der Waals surface area contributed by atoms with Gasteiger partial charge in [-0.3, -0.25) is 9.36 Å². The molecule has 3 rings (SSSR count). The first-order valence-electron chi connectivity index (χ1n) is 8.53. The average molecular weight is 382 g/mol. The molecule has 2 heterocycles. The van der Waals surface area contributed by atoms with Crippen LogP contribution in [0, 0.1) is 12.7 Å². The average Bonchev–Trinajstić information content (AvgIpc) is 3.12. The quantitative estimate of drug-likeness (QED) is 0.608. The number of rotatable bonds is 6. The molecule has 8 nitrogen and oxygen atoms in total. The number of pyridine rings is 1. The van der Waals surface area contributed by atoms with Crippen LogP contribution in [-0.4, -0.2) is 33.0 Å². The number of aromatic nitrogens is 3. The minimum Gasteiger partial charge on any atom is -0.334 e. The lowest BCUT2D eigenvalue weighted by atomic mass is 10.2. The summed E-state index contributed by atoms with van der Waals surface area (Å²) in [4.78, 5) is 32.1. The number of hydrogen-bond donors (Lipinski definition) is 3. The molecule has 0 aliphatic carbocycles.